The lowest BCUT2D eigenvalue weighted by atomic mass is 9.99. The van der Waals surface area contributed by atoms with Gasteiger partial charge in [0, 0.05) is 18.7 Å². The van der Waals surface area contributed by atoms with Gasteiger partial charge in [0.2, 0.25) is 0 Å². The quantitative estimate of drug-likeness (QED) is 0.334. The Morgan fingerprint density at radius 1 is 1.42 bits per heavy atom. The topological polar surface area (TPSA) is 75.6 Å². The minimum atomic E-state index is -0.261. The molecule has 0 radical (unpaired) electrons. The number of hydrogen-bond donors (Lipinski definition) is 2. The van der Waals surface area contributed by atoms with E-state index in [1.807, 2.05) is 13.8 Å². The first-order chi connectivity index (χ1) is 9.03. The van der Waals surface area contributed by atoms with E-state index in [-0.39, 0.29) is 43.1 Å². The van der Waals surface area contributed by atoms with E-state index in [0.717, 1.165) is 12.8 Å². The Bertz CT molecular complexity index is 298. The van der Waals surface area contributed by atoms with Gasteiger partial charge in [-0.15, -0.1) is 0 Å². The van der Waals surface area contributed by atoms with E-state index in [1.54, 1.807) is 0 Å². The highest BCUT2D eigenvalue weighted by Crippen LogP contribution is 2.09. The van der Waals surface area contributed by atoms with Gasteiger partial charge in [-0.25, -0.2) is 0 Å². The number of nitrogens with one attached hydrogen (secondary N) is 1. The Morgan fingerprint density at radius 2 is 2.11 bits per heavy atom. The van der Waals surface area contributed by atoms with Crippen molar-refractivity contribution in [3.63, 3.8) is 0 Å². The number of carbonyl (C=O) groups is 2. The molecule has 2 N–H and O–H groups in total. The number of hydrogen-bond acceptors (Lipinski definition) is 5. The van der Waals surface area contributed by atoms with Gasteiger partial charge in [0.1, 0.15) is 0 Å². The smallest absolute Gasteiger partial charge is 0.166 e. The van der Waals surface area contributed by atoms with E-state index in [0.29, 0.717) is 0 Å². The Hall–Kier alpha value is -1.20. The van der Waals surface area contributed by atoms with Crippen molar-refractivity contribution in [3.8, 4) is 0 Å². The summed E-state index contributed by atoms with van der Waals surface area (Å²) in [5, 5.41) is 12.2. The maximum Gasteiger partial charge on any atom is 0.166 e. The van der Waals surface area contributed by atoms with E-state index in [9.17, 15) is 9.59 Å². The van der Waals surface area contributed by atoms with Crippen molar-refractivity contribution < 1.29 is 19.4 Å². The van der Waals surface area contributed by atoms with Crippen molar-refractivity contribution in [2.75, 3.05) is 20.3 Å². The Labute approximate surface area is 115 Å². The standard InChI is InChI=1S/C14H25NO4/c1-4-12(10-16)7-11(2)15-9-14(18)8-13(17)5-6-19-3/h5-6,11-12,15-16H,4,7-10H2,1-3H3/b6-5+. The van der Waals surface area contributed by atoms with E-state index in [1.165, 1.54) is 19.4 Å². The molecule has 0 aliphatic rings. The van der Waals surface area contributed by atoms with Crippen LogP contribution in [0.25, 0.3) is 0 Å². The number of aliphatic hydroxyl groups is 1. The molecule has 0 amide bonds. The molecule has 0 aromatic carbocycles. The summed E-state index contributed by atoms with van der Waals surface area (Å²) in [6.07, 6.45) is 4.13. The highest BCUT2D eigenvalue weighted by atomic mass is 16.5. The normalized spacial score (nSPS) is 14.3. The van der Waals surface area contributed by atoms with Crippen LogP contribution in [0, 0.1) is 5.92 Å². The van der Waals surface area contributed by atoms with Crippen LogP contribution in [0.4, 0.5) is 0 Å². The highest BCUT2D eigenvalue weighted by molar-refractivity contribution is 6.04. The van der Waals surface area contributed by atoms with Crippen molar-refractivity contribution >= 4 is 11.6 Å². The van der Waals surface area contributed by atoms with Crippen LogP contribution in [0.1, 0.15) is 33.1 Å². The number of ether oxygens (including phenoxy) is 1. The number of ketones is 2. The molecular weight excluding hydrogens is 246 g/mol. The van der Waals surface area contributed by atoms with E-state index < -0.39 is 0 Å². The number of Topliss-reactive ketones (excluding diaryl/α,β-unsaturated/α-hetero) is 1. The number of methoxy groups -OCH3 is 1. The van der Waals surface area contributed by atoms with Crippen molar-refractivity contribution in [2.24, 2.45) is 5.92 Å². The Kier molecular flexibility index (Phi) is 10.0. The second-order valence-electron chi connectivity index (χ2n) is 4.69. The maximum absolute atomic E-state index is 11.5. The van der Waals surface area contributed by atoms with Gasteiger partial charge in [0.15, 0.2) is 11.6 Å². The monoisotopic (exact) mass is 271 g/mol. The van der Waals surface area contributed by atoms with E-state index in [4.69, 9.17) is 5.11 Å². The minimum absolute atomic E-state index is 0.114. The fourth-order valence-corrected chi connectivity index (χ4v) is 1.70. The lowest BCUT2D eigenvalue weighted by Gasteiger charge is -2.18. The third-order valence-corrected chi connectivity index (χ3v) is 2.93. The molecule has 0 aromatic heterocycles. The van der Waals surface area contributed by atoms with Gasteiger partial charge in [-0.2, -0.15) is 0 Å². The summed E-state index contributed by atoms with van der Waals surface area (Å²) in [5.41, 5.74) is 0. The predicted molar refractivity (Wildman–Crippen MR) is 73.7 cm³/mol. The van der Waals surface area contributed by atoms with Crippen LogP contribution >= 0.6 is 0 Å². The molecular formula is C14H25NO4. The van der Waals surface area contributed by atoms with E-state index in [2.05, 4.69) is 10.1 Å². The van der Waals surface area contributed by atoms with Crippen LogP contribution in [-0.4, -0.2) is 43.0 Å². The SMILES string of the molecule is CCC(CO)CC(C)NCC(=O)CC(=O)/C=C/OC. The zero-order chi connectivity index (χ0) is 14.7. The Balaban J connectivity index is 3.89. The third-order valence-electron chi connectivity index (χ3n) is 2.93. The zero-order valence-electron chi connectivity index (χ0n) is 12.0. The molecule has 0 aromatic rings. The third kappa shape index (κ3) is 9.39. The lowest BCUT2D eigenvalue weighted by molar-refractivity contribution is -0.124. The summed E-state index contributed by atoms with van der Waals surface area (Å²) in [6.45, 7) is 4.34. The van der Waals surface area contributed by atoms with E-state index >= 15 is 0 Å². The first-order valence-electron chi connectivity index (χ1n) is 6.61. The molecule has 0 heterocycles. The molecule has 0 fully saturated rings. The van der Waals surface area contributed by atoms with Gasteiger partial charge < -0.3 is 15.2 Å². The van der Waals surface area contributed by atoms with Gasteiger partial charge in [-0.3, -0.25) is 9.59 Å². The van der Waals surface area contributed by atoms with Crippen LogP contribution < -0.4 is 5.32 Å². The number of allylic oxidation sites excluding steroid dienone is 1. The number of carbonyl (C=O) groups excluding carboxylic acids is 2. The molecule has 2 unspecified atom stereocenters. The van der Waals surface area contributed by atoms with Gasteiger partial charge in [0.05, 0.1) is 26.3 Å². The molecule has 5 nitrogen and oxygen atoms in total. The first kappa shape index (κ1) is 17.8. The van der Waals surface area contributed by atoms with Gasteiger partial charge in [-0.05, 0) is 19.3 Å². The summed E-state index contributed by atoms with van der Waals surface area (Å²) in [4.78, 5) is 22.8. The zero-order valence-corrected chi connectivity index (χ0v) is 12.0. The Morgan fingerprint density at radius 3 is 2.63 bits per heavy atom. The van der Waals surface area contributed by atoms with Crippen LogP contribution in [-0.2, 0) is 14.3 Å². The minimum Gasteiger partial charge on any atom is -0.504 e. The van der Waals surface area contributed by atoms with Crippen LogP contribution in [0.15, 0.2) is 12.3 Å². The average molecular weight is 271 g/mol. The van der Waals surface area contributed by atoms with Crippen LogP contribution in [0.3, 0.4) is 0 Å². The van der Waals surface area contributed by atoms with Crippen molar-refractivity contribution in [2.45, 2.75) is 39.2 Å². The summed E-state index contributed by atoms with van der Waals surface area (Å²) >= 11 is 0. The maximum atomic E-state index is 11.5. The molecule has 2 atom stereocenters. The largest absolute Gasteiger partial charge is 0.504 e. The average Bonchev–Trinajstić information content (AvgIpc) is 2.40. The second kappa shape index (κ2) is 10.7. The van der Waals surface area contributed by atoms with Gasteiger partial charge in [-0.1, -0.05) is 13.3 Å². The molecule has 0 saturated heterocycles. The van der Waals surface area contributed by atoms with Crippen molar-refractivity contribution in [3.05, 3.63) is 12.3 Å². The van der Waals surface area contributed by atoms with Crippen LogP contribution in [0.2, 0.25) is 0 Å². The summed E-state index contributed by atoms with van der Waals surface area (Å²) < 4.78 is 4.61. The molecule has 0 spiro atoms. The summed E-state index contributed by atoms with van der Waals surface area (Å²) in [7, 11) is 1.44. The first-order valence-corrected chi connectivity index (χ1v) is 6.61. The summed E-state index contributed by atoms with van der Waals surface area (Å²) in [5.74, 6) is -0.151. The van der Waals surface area contributed by atoms with Crippen molar-refractivity contribution in [1.29, 1.82) is 0 Å². The predicted octanol–water partition coefficient (Wildman–Crippen LogP) is 1.06. The molecule has 0 bridgehead atoms. The molecule has 0 aliphatic carbocycles. The fourth-order valence-electron chi connectivity index (χ4n) is 1.70. The lowest BCUT2D eigenvalue weighted by Crippen LogP contribution is -2.34. The molecule has 5 heteroatoms. The summed E-state index contributed by atoms with van der Waals surface area (Å²) in [6, 6.07) is 0.144. The molecule has 0 aliphatic heterocycles. The molecule has 0 rings (SSSR count). The number of rotatable bonds is 11. The van der Waals surface area contributed by atoms with Crippen molar-refractivity contribution in [1.82, 2.24) is 5.32 Å². The number of aliphatic hydroxyl groups excluding tert-OH is 1. The van der Waals surface area contributed by atoms with Gasteiger partial charge in [0.25, 0.3) is 0 Å². The highest BCUT2D eigenvalue weighted by Gasteiger charge is 2.12. The van der Waals surface area contributed by atoms with Crippen LogP contribution in [0.5, 0.6) is 0 Å². The molecule has 0 saturated carbocycles. The van der Waals surface area contributed by atoms with Gasteiger partial charge >= 0.3 is 0 Å². The molecule has 110 valence electrons. The fraction of sp³-hybridized carbons (Fsp3) is 0.714. The second-order valence-corrected chi connectivity index (χ2v) is 4.69. The molecule has 19 heavy (non-hydrogen) atoms.